The maximum Gasteiger partial charge on any atom is 0.290 e. The number of hydrogen-bond donors (Lipinski definition) is 3. The van der Waals surface area contributed by atoms with Crippen LogP contribution in [0.15, 0.2) is 41.1 Å². The number of rotatable bonds is 12. The van der Waals surface area contributed by atoms with Gasteiger partial charge in [-0.15, -0.1) is 0 Å². The minimum absolute atomic E-state index is 0.0925. The van der Waals surface area contributed by atoms with E-state index in [1.807, 2.05) is 38.1 Å². The van der Waals surface area contributed by atoms with Crippen LogP contribution in [-0.4, -0.2) is 35.0 Å². The van der Waals surface area contributed by atoms with Crippen molar-refractivity contribution in [2.75, 3.05) is 0 Å². The smallest absolute Gasteiger partial charge is 0.290 e. The van der Waals surface area contributed by atoms with E-state index in [4.69, 9.17) is 15.0 Å². The number of ether oxygens (including phenoxy) is 1. The zero-order valence-electron chi connectivity index (χ0n) is 23.2. The molecule has 2 atom stereocenters. The van der Waals surface area contributed by atoms with E-state index in [1.54, 1.807) is 0 Å². The molecule has 210 valence electrons. The summed E-state index contributed by atoms with van der Waals surface area (Å²) in [6.07, 6.45) is 9.57. The van der Waals surface area contributed by atoms with Gasteiger partial charge in [-0.1, -0.05) is 75.7 Å². The van der Waals surface area contributed by atoms with E-state index in [1.165, 1.54) is 31.5 Å². The molecule has 1 aliphatic rings. The predicted octanol–water partition coefficient (Wildman–Crippen LogP) is 4.75. The van der Waals surface area contributed by atoms with Gasteiger partial charge in [0.1, 0.15) is 11.8 Å². The standard InChI is InChI=1S/C16H25NO2.C13H19N3O3/c1-5-13(4)10-16(18)17-11-14-8-6-7-9-15(14)19-12(2)3;14-12(17)10(8-9-4-2-1-3-5-9)16-13(18)11-6-7-15-19-11/h6-9,12-13H,5,10-11H2,1-4H3,(H,17,18);6-7,9-10H,1-5,8H2,(H2,14,17)(H,16,18). The van der Waals surface area contributed by atoms with Crippen molar-refractivity contribution in [2.45, 2.75) is 97.8 Å². The van der Waals surface area contributed by atoms with E-state index in [9.17, 15) is 14.4 Å². The van der Waals surface area contributed by atoms with E-state index >= 15 is 0 Å². The summed E-state index contributed by atoms with van der Waals surface area (Å²) < 4.78 is 10.5. The van der Waals surface area contributed by atoms with Crippen molar-refractivity contribution in [1.29, 1.82) is 0 Å². The third kappa shape index (κ3) is 11.4. The normalized spacial score (nSPS) is 15.1. The minimum Gasteiger partial charge on any atom is -0.491 e. The summed E-state index contributed by atoms with van der Waals surface area (Å²) in [7, 11) is 0. The number of primary amides is 1. The highest BCUT2D eigenvalue weighted by Crippen LogP contribution is 2.27. The lowest BCUT2D eigenvalue weighted by atomic mass is 9.84. The van der Waals surface area contributed by atoms with Crippen LogP contribution in [0.2, 0.25) is 0 Å². The minimum atomic E-state index is -0.638. The summed E-state index contributed by atoms with van der Waals surface area (Å²) in [5, 5.41) is 9.04. The number of carbonyl (C=O) groups excluding carboxylic acids is 3. The van der Waals surface area contributed by atoms with Crippen molar-refractivity contribution in [2.24, 2.45) is 17.6 Å². The Kier molecular flexibility index (Phi) is 13.4. The quantitative estimate of drug-likeness (QED) is 0.363. The maximum atomic E-state index is 11.8. The Morgan fingerprint density at radius 2 is 1.82 bits per heavy atom. The lowest BCUT2D eigenvalue weighted by Crippen LogP contribution is -2.45. The molecule has 1 aromatic heterocycles. The van der Waals surface area contributed by atoms with Gasteiger partial charge in [0, 0.05) is 24.6 Å². The zero-order chi connectivity index (χ0) is 27.9. The summed E-state index contributed by atoms with van der Waals surface area (Å²) in [5.41, 5.74) is 6.38. The van der Waals surface area contributed by atoms with Crippen LogP contribution in [0.4, 0.5) is 0 Å². The Labute approximate surface area is 226 Å². The first-order valence-corrected chi connectivity index (χ1v) is 13.7. The molecule has 0 bridgehead atoms. The molecule has 0 saturated heterocycles. The van der Waals surface area contributed by atoms with E-state index in [0.29, 0.717) is 31.2 Å². The van der Waals surface area contributed by atoms with Gasteiger partial charge >= 0.3 is 0 Å². The molecule has 3 rings (SSSR count). The third-order valence-electron chi connectivity index (χ3n) is 6.65. The number of nitrogens with zero attached hydrogens (tertiary/aromatic N) is 1. The van der Waals surface area contributed by atoms with E-state index in [2.05, 4.69) is 29.6 Å². The molecule has 2 unspecified atom stereocenters. The Morgan fingerprint density at radius 1 is 1.11 bits per heavy atom. The molecular weight excluding hydrogens is 484 g/mol. The second-order valence-electron chi connectivity index (χ2n) is 10.3. The molecule has 1 heterocycles. The first-order valence-electron chi connectivity index (χ1n) is 13.7. The monoisotopic (exact) mass is 528 g/mol. The first-order chi connectivity index (χ1) is 18.2. The maximum absolute atomic E-state index is 11.8. The third-order valence-corrected chi connectivity index (χ3v) is 6.65. The summed E-state index contributed by atoms with van der Waals surface area (Å²) in [4.78, 5) is 35.0. The van der Waals surface area contributed by atoms with Crippen LogP contribution in [0.25, 0.3) is 0 Å². The van der Waals surface area contributed by atoms with Gasteiger partial charge in [-0.05, 0) is 38.2 Å². The van der Waals surface area contributed by atoms with Crippen LogP contribution in [-0.2, 0) is 16.1 Å². The van der Waals surface area contributed by atoms with Crippen molar-refractivity contribution in [3.63, 3.8) is 0 Å². The molecule has 1 saturated carbocycles. The van der Waals surface area contributed by atoms with Gasteiger partial charge in [-0.3, -0.25) is 14.4 Å². The summed E-state index contributed by atoms with van der Waals surface area (Å²) in [6, 6.07) is 8.65. The second kappa shape index (κ2) is 16.5. The average molecular weight is 529 g/mol. The largest absolute Gasteiger partial charge is 0.491 e. The van der Waals surface area contributed by atoms with Crippen LogP contribution in [0, 0.1) is 11.8 Å². The van der Waals surface area contributed by atoms with Crippen LogP contribution in [0.1, 0.15) is 95.2 Å². The van der Waals surface area contributed by atoms with Crippen LogP contribution in [0.3, 0.4) is 0 Å². The van der Waals surface area contributed by atoms with E-state index in [0.717, 1.165) is 30.6 Å². The highest BCUT2D eigenvalue weighted by molar-refractivity contribution is 5.95. The molecular formula is C29H44N4O5. The van der Waals surface area contributed by atoms with Crippen molar-refractivity contribution in [1.82, 2.24) is 15.8 Å². The lowest BCUT2D eigenvalue weighted by molar-refractivity contribution is -0.122. The van der Waals surface area contributed by atoms with Crippen LogP contribution in [0.5, 0.6) is 5.75 Å². The number of nitrogens with two attached hydrogens (primary N) is 1. The number of para-hydroxylation sites is 1. The van der Waals surface area contributed by atoms with Crippen molar-refractivity contribution in [3.8, 4) is 5.75 Å². The fraction of sp³-hybridized carbons (Fsp3) is 0.586. The summed E-state index contributed by atoms with van der Waals surface area (Å²) >= 11 is 0. The lowest BCUT2D eigenvalue weighted by Gasteiger charge is -2.25. The Bertz CT molecular complexity index is 987. The molecule has 9 heteroatoms. The topological polar surface area (TPSA) is 137 Å². The summed E-state index contributed by atoms with van der Waals surface area (Å²) in [6.45, 7) is 8.72. The molecule has 2 aromatic rings. The molecule has 0 radical (unpaired) electrons. The number of benzene rings is 1. The molecule has 1 aliphatic carbocycles. The predicted molar refractivity (Wildman–Crippen MR) is 146 cm³/mol. The fourth-order valence-electron chi connectivity index (χ4n) is 4.31. The molecule has 0 aliphatic heterocycles. The van der Waals surface area contributed by atoms with Crippen molar-refractivity contribution >= 4 is 17.7 Å². The Hall–Kier alpha value is -3.36. The van der Waals surface area contributed by atoms with Gasteiger partial charge < -0.3 is 25.6 Å². The number of hydrogen-bond acceptors (Lipinski definition) is 6. The zero-order valence-corrected chi connectivity index (χ0v) is 23.2. The average Bonchev–Trinajstić information content (AvgIpc) is 3.44. The SMILES string of the molecule is CCC(C)CC(=O)NCc1ccccc1OC(C)C.NC(=O)C(CC1CCCCC1)NC(=O)c1ccno1. The van der Waals surface area contributed by atoms with Gasteiger partial charge in [-0.25, -0.2) is 0 Å². The molecule has 1 fully saturated rings. The van der Waals surface area contributed by atoms with Gasteiger partial charge in [0.25, 0.3) is 5.91 Å². The second-order valence-corrected chi connectivity index (χ2v) is 10.3. The molecule has 0 spiro atoms. The van der Waals surface area contributed by atoms with Crippen LogP contribution < -0.4 is 21.1 Å². The Morgan fingerprint density at radius 3 is 2.42 bits per heavy atom. The summed E-state index contributed by atoms with van der Waals surface area (Å²) in [5.74, 6) is 0.990. The number of carbonyl (C=O) groups is 3. The van der Waals surface area contributed by atoms with E-state index < -0.39 is 17.9 Å². The highest BCUT2D eigenvalue weighted by atomic mass is 16.5. The molecule has 3 amide bonds. The number of amides is 3. The molecule has 1 aromatic carbocycles. The fourth-order valence-corrected chi connectivity index (χ4v) is 4.31. The van der Waals surface area contributed by atoms with E-state index in [-0.39, 0.29) is 17.8 Å². The van der Waals surface area contributed by atoms with Gasteiger partial charge in [0.15, 0.2) is 0 Å². The highest BCUT2D eigenvalue weighted by Gasteiger charge is 2.25. The molecule has 9 nitrogen and oxygen atoms in total. The Balaban J connectivity index is 0.000000267. The van der Waals surface area contributed by atoms with Crippen molar-refractivity contribution in [3.05, 3.63) is 47.9 Å². The van der Waals surface area contributed by atoms with Crippen LogP contribution >= 0.6 is 0 Å². The molecule has 4 N–H and O–H groups in total. The van der Waals surface area contributed by atoms with Gasteiger partial charge in [0.05, 0.1) is 12.3 Å². The van der Waals surface area contributed by atoms with Gasteiger partial charge in [0.2, 0.25) is 17.6 Å². The van der Waals surface area contributed by atoms with Gasteiger partial charge in [-0.2, -0.15) is 0 Å². The van der Waals surface area contributed by atoms with Crippen molar-refractivity contribution < 1.29 is 23.6 Å². The number of nitrogens with one attached hydrogen (secondary N) is 2. The molecule has 38 heavy (non-hydrogen) atoms. The first kappa shape index (κ1) is 30.9. The number of aromatic nitrogens is 1.